The monoisotopic (exact) mass is 531 g/mol. The third kappa shape index (κ3) is 6.83. The minimum atomic E-state index is -1.31. The lowest BCUT2D eigenvalue weighted by Crippen LogP contribution is -2.46. The molecule has 3 N–H and O–H groups in total. The molecule has 0 spiro atoms. The molecule has 39 heavy (non-hydrogen) atoms. The van der Waals surface area contributed by atoms with Crippen LogP contribution in [0.3, 0.4) is 0 Å². The molecule has 11 nitrogen and oxygen atoms in total. The number of fused-ring (bicyclic) bond motifs is 1. The number of hydroxylamine groups is 2. The summed E-state index contributed by atoms with van der Waals surface area (Å²) in [5, 5.41) is 21.0. The summed E-state index contributed by atoms with van der Waals surface area (Å²) in [5.74, 6) is 0.843. The summed E-state index contributed by atoms with van der Waals surface area (Å²) < 4.78 is 11.5. The summed E-state index contributed by atoms with van der Waals surface area (Å²) >= 11 is 0. The second-order valence-corrected chi connectivity index (χ2v) is 8.94. The Bertz CT molecular complexity index is 1400. The number of hydrogen-bond donors (Lipinski definition) is 3. The maximum atomic E-state index is 12.9. The van der Waals surface area contributed by atoms with Crippen molar-refractivity contribution in [2.24, 2.45) is 0 Å². The quantitative estimate of drug-likeness (QED) is 0.259. The lowest BCUT2D eigenvalue weighted by Gasteiger charge is -2.34. The minimum Gasteiger partial charge on any atom is -0.491 e. The summed E-state index contributed by atoms with van der Waals surface area (Å²) in [4.78, 5) is 30.4. The summed E-state index contributed by atoms with van der Waals surface area (Å²) in [6.45, 7) is 3.58. The average molecular weight is 532 g/mol. The van der Waals surface area contributed by atoms with Crippen LogP contribution < -0.4 is 15.0 Å². The second-order valence-electron chi connectivity index (χ2n) is 8.94. The molecule has 0 aliphatic carbocycles. The smallest absolute Gasteiger partial charge is 0.491 e. The van der Waals surface area contributed by atoms with Crippen molar-refractivity contribution in [1.29, 1.82) is 0 Å². The van der Waals surface area contributed by atoms with Crippen molar-refractivity contribution in [2.45, 2.75) is 6.61 Å². The second kappa shape index (κ2) is 12.3. The fraction of sp³-hybridized carbons (Fsp3) is 0.250. The van der Waals surface area contributed by atoms with Gasteiger partial charge in [0.25, 0.3) is 5.91 Å². The van der Waals surface area contributed by atoms with E-state index in [-0.39, 0.29) is 5.91 Å². The highest BCUT2D eigenvalue weighted by Gasteiger charge is 2.20. The number of aromatic amines is 1. The molecule has 5 rings (SSSR count). The van der Waals surface area contributed by atoms with Gasteiger partial charge in [-0.3, -0.25) is 9.89 Å². The van der Waals surface area contributed by atoms with Crippen LogP contribution >= 0.6 is 0 Å². The third-order valence-electron chi connectivity index (χ3n) is 6.31. The zero-order valence-corrected chi connectivity index (χ0v) is 21.2. The Morgan fingerprint density at radius 2 is 1.72 bits per heavy atom. The van der Waals surface area contributed by atoms with Crippen LogP contribution in [0, 0.1) is 0 Å². The molecule has 1 aliphatic heterocycles. The van der Waals surface area contributed by atoms with E-state index in [0.29, 0.717) is 63.1 Å². The molecule has 0 unspecified atom stereocenters. The molecule has 1 saturated heterocycles. The molecule has 1 aromatic heterocycles. The average Bonchev–Trinajstić information content (AvgIpc) is 3.35. The number of H-pyrrole nitrogens is 1. The molecule has 0 radical (unpaired) electrons. The highest BCUT2D eigenvalue weighted by molar-refractivity contribution is 6.08. The molecule has 4 aromatic rings. The van der Waals surface area contributed by atoms with Crippen LogP contribution in [0.25, 0.3) is 10.9 Å². The Labute approximate surface area is 224 Å². The Morgan fingerprint density at radius 3 is 2.46 bits per heavy atom. The van der Waals surface area contributed by atoms with E-state index >= 15 is 0 Å². The number of carbonyl (C=O) groups excluding carboxylic acids is 1. The number of amides is 1. The number of piperazine rings is 1. The Balaban J connectivity index is 1.11. The molecule has 1 amide bonds. The zero-order valence-electron chi connectivity index (χ0n) is 21.2. The fourth-order valence-electron chi connectivity index (χ4n) is 4.32. The van der Waals surface area contributed by atoms with Gasteiger partial charge in [0.2, 0.25) is 0 Å². The van der Waals surface area contributed by atoms with Crippen LogP contribution in [0.2, 0.25) is 0 Å². The number of hydrogen-bond acceptors (Lipinski definition) is 8. The number of carboxylic acid groups (broad SMARTS) is 1. The van der Waals surface area contributed by atoms with Gasteiger partial charge in [-0.25, -0.2) is 4.79 Å². The van der Waals surface area contributed by atoms with Crippen molar-refractivity contribution in [1.82, 2.24) is 15.3 Å². The lowest BCUT2D eigenvalue weighted by molar-refractivity contribution is -0.121. The van der Waals surface area contributed by atoms with Gasteiger partial charge in [-0.15, -0.1) is 5.06 Å². The van der Waals surface area contributed by atoms with Crippen LogP contribution in [0.1, 0.15) is 15.9 Å². The molecule has 0 atom stereocenters. The predicted molar refractivity (Wildman–Crippen MR) is 145 cm³/mol. The molecule has 1 aliphatic rings. The fourth-order valence-corrected chi connectivity index (χ4v) is 4.32. The van der Waals surface area contributed by atoms with Gasteiger partial charge in [-0.1, -0.05) is 30.3 Å². The third-order valence-corrected chi connectivity index (χ3v) is 6.31. The number of nitrogens with one attached hydrogen (secondary N) is 2. The van der Waals surface area contributed by atoms with E-state index in [1.54, 1.807) is 12.1 Å². The highest BCUT2D eigenvalue weighted by Crippen LogP contribution is 2.26. The van der Waals surface area contributed by atoms with E-state index in [9.17, 15) is 9.59 Å². The standard InChI is InChI=1S/C28H29N5O6/c34-27(21-6-8-22(9-7-21)32-12-14-33(15-13-32)39-28(35)36)29-26-24-11-10-23(18-25(24)30-31-26)38-17-16-37-19-20-4-2-1-3-5-20/h1-11,18H,12-17,19H2,(H,35,36)(H2,29,30,31,34). The van der Waals surface area contributed by atoms with Gasteiger partial charge < -0.3 is 29.6 Å². The van der Waals surface area contributed by atoms with Gasteiger partial charge in [0, 0.05) is 35.8 Å². The van der Waals surface area contributed by atoms with Crippen molar-refractivity contribution in [2.75, 3.05) is 49.6 Å². The lowest BCUT2D eigenvalue weighted by atomic mass is 10.1. The van der Waals surface area contributed by atoms with Crippen LogP contribution in [0.4, 0.5) is 16.3 Å². The first kappa shape index (κ1) is 26.0. The van der Waals surface area contributed by atoms with Gasteiger partial charge in [0.1, 0.15) is 12.4 Å². The first-order valence-corrected chi connectivity index (χ1v) is 12.6. The van der Waals surface area contributed by atoms with Gasteiger partial charge in [0.15, 0.2) is 5.82 Å². The molecular formula is C28H29N5O6. The number of rotatable bonds is 10. The minimum absolute atomic E-state index is 0.273. The number of aromatic nitrogens is 2. The summed E-state index contributed by atoms with van der Waals surface area (Å²) in [7, 11) is 0. The van der Waals surface area contributed by atoms with E-state index in [0.717, 1.165) is 22.2 Å². The molecule has 2 heterocycles. The van der Waals surface area contributed by atoms with Crippen molar-refractivity contribution in [3.05, 3.63) is 83.9 Å². The number of anilines is 2. The predicted octanol–water partition coefficient (Wildman–Crippen LogP) is 4.14. The van der Waals surface area contributed by atoms with Crippen LogP contribution in [-0.4, -0.2) is 71.8 Å². The summed E-state index contributed by atoms with van der Waals surface area (Å²) in [6.07, 6.45) is -1.31. The van der Waals surface area contributed by atoms with E-state index < -0.39 is 6.16 Å². The molecule has 1 fully saturated rings. The number of nitrogens with zero attached hydrogens (tertiary/aromatic N) is 3. The molecule has 3 aromatic carbocycles. The Hall–Kier alpha value is -4.61. The van der Waals surface area contributed by atoms with E-state index in [2.05, 4.69) is 20.4 Å². The molecule has 11 heteroatoms. The number of benzene rings is 3. The number of carbonyl (C=O) groups is 2. The van der Waals surface area contributed by atoms with Gasteiger partial charge in [-0.2, -0.15) is 5.10 Å². The maximum Gasteiger partial charge on any atom is 0.525 e. The molecule has 0 saturated carbocycles. The number of ether oxygens (including phenoxy) is 2. The normalized spacial score (nSPS) is 13.8. The molecular weight excluding hydrogens is 502 g/mol. The van der Waals surface area contributed by atoms with E-state index in [4.69, 9.17) is 19.4 Å². The topological polar surface area (TPSA) is 129 Å². The first-order valence-electron chi connectivity index (χ1n) is 12.6. The van der Waals surface area contributed by atoms with Gasteiger partial charge in [-0.05, 0) is 42.0 Å². The Kier molecular flexibility index (Phi) is 8.20. The molecule has 202 valence electrons. The maximum absolute atomic E-state index is 12.9. The van der Waals surface area contributed by atoms with E-state index in [1.165, 1.54) is 5.06 Å². The van der Waals surface area contributed by atoms with E-state index in [1.807, 2.05) is 60.7 Å². The summed E-state index contributed by atoms with van der Waals surface area (Å²) in [5.41, 5.74) is 3.31. The zero-order chi connectivity index (χ0) is 27.0. The Morgan fingerprint density at radius 1 is 0.949 bits per heavy atom. The highest BCUT2D eigenvalue weighted by atomic mass is 16.8. The van der Waals surface area contributed by atoms with Crippen LogP contribution in [-0.2, 0) is 16.2 Å². The van der Waals surface area contributed by atoms with Crippen molar-refractivity contribution < 1.29 is 29.0 Å². The largest absolute Gasteiger partial charge is 0.525 e. The van der Waals surface area contributed by atoms with Gasteiger partial charge in [0.05, 0.1) is 31.8 Å². The van der Waals surface area contributed by atoms with Gasteiger partial charge >= 0.3 is 6.16 Å². The SMILES string of the molecule is O=C(O)ON1CCN(c2ccc(C(=O)Nc3n[nH]c4cc(OCCOCc5ccccc5)ccc34)cc2)CC1. The molecule has 0 bridgehead atoms. The first-order chi connectivity index (χ1) is 19.0. The van der Waals surface area contributed by atoms with Crippen molar-refractivity contribution in [3.63, 3.8) is 0 Å². The van der Waals surface area contributed by atoms with Crippen molar-refractivity contribution >= 4 is 34.5 Å². The summed E-state index contributed by atoms with van der Waals surface area (Å²) in [6, 6.07) is 22.8. The van der Waals surface area contributed by atoms with Crippen LogP contribution in [0.5, 0.6) is 5.75 Å². The van der Waals surface area contributed by atoms with Crippen molar-refractivity contribution in [3.8, 4) is 5.75 Å². The van der Waals surface area contributed by atoms with Crippen LogP contribution in [0.15, 0.2) is 72.8 Å².